The van der Waals surface area contributed by atoms with Gasteiger partial charge in [0.05, 0.1) is 0 Å². The van der Waals surface area contributed by atoms with Gasteiger partial charge in [-0.1, -0.05) is 61.9 Å². The smallest absolute Gasteiger partial charge is 0.0107 e. The average molecular weight is 279 g/mol. The standard InChI is InChI=1S/C20H25N/c1-2-17-12-11-16(14-19-10-6-7-13-21-19)15-20(17)18-8-4-3-5-9-18/h3-5,8-9,11-12,15,19,21H,2,6-7,10,13-14H2,1H3. The summed E-state index contributed by atoms with van der Waals surface area (Å²) in [5.41, 5.74) is 5.66. The molecule has 21 heavy (non-hydrogen) atoms. The summed E-state index contributed by atoms with van der Waals surface area (Å²) in [6, 6.07) is 18.5. The average Bonchev–Trinajstić information content (AvgIpc) is 2.56. The van der Waals surface area contributed by atoms with Crippen molar-refractivity contribution in [3.63, 3.8) is 0 Å². The fraction of sp³-hybridized carbons (Fsp3) is 0.400. The van der Waals surface area contributed by atoms with Gasteiger partial charge in [0.2, 0.25) is 0 Å². The highest BCUT2D eigenvalue weighted by atomic mass is 14.9. The number of hydrogen-bond acceptors (Lipinski definition) is 1. The van der Waals surface area contributed by atoms with Crippen LogP contribution in [0.5, 0.6) is 0 Å². The molecule has 1 saturated heterocycles. The van der Waals surface area contributed by atoms with Crippen LogP contribution in [0.15, 0.2) is 48.5 Å². The van der Waals surface area contributed by atoms with Crippen LogP contribution >= 0.6 is 0 Å². The van der Waals surface area contributed by atoms with Crippen LogP contribution in [0.25, 0.3) is 11.1 Å². The Hall–Kier alpha value is -1.60. The van der Waals surface area contributed by atoms with E-state index >= 15 is 0 Å². The molecule has 1 nitrogen and oxygen atoms in total. The Labute approximate surface area is 128 Å². The Kier molecular flexibility index (Phi) is 4.72. The van der Waals surface area contributed by atoms with Crippen molar-refractivity contribution in [3.05, 3.63) is 59.7 Å². The van der Waals surface area contributed by atoms with Gasteiger partial charge < -0.3 is 5.32 Å². The van der Waals surface area contributed by atoms with Gasteiger partial charge in [-0.15, -0.1) is 0 Å². The normalized spacial score (nSPS) is 18.6. The van der Waals surface area contributed by atoms with Gasteiger partial charge in [0, 0.05) is 6.04 Å². The molecule has 3 rings (SSSR count). The van der Waals surface area contributed by atoms with E-state index in [0.29, 0.717) is 6.04 Å². The van der Waals surface area contributed by atoms with Crippen molar-refractivity contribution in [1.29, 1.82) is 0 Å². The summed E-state index contributed by atoms with van der Waals surface area (Å²) in [5, 5.41) is 3.66. The molecule has 0 aromatic heterocycles. The third-order valence-electron chi connectivity index (χ3n) is 4.53. The highest BCUT2D eigenvalue weighted by Gasteiger charge is 2.14. The molecule has 1 unspecified atom stereocenters. The summed E-state index contributed by atoms with van der Waals surface area (Å²) < 4.78 is 0. The van der Waals surface area contributed by atoms with Gasteiger partial charge in [0.25, 0.3) is 0 Å². The van der Waals surface area contributed by atoms with Gasteiger partial charge in [0.1, 0.15) is 0 Å². The minimum Gasteiger partial charge on any atom is -0.314 e. The summed E-state index contributed by atoms with van der Waals surface area (Å²) in [7, 11) is 0. The zero-order chi connectivity index (χ0) is 14.5. The molecule has 2 aromatic carbocycles. The van der Waals surface area contributed by atoms with Crippen molar-refractivity contribution >= 4 is 0 Å². The van der Waals surface area contributed by atoms with E-state index in [-0.39, 0.29) is 0 Å². The first-order valence-electron chi connectivity index (χ1n) is 8.27. The molecular weight excluding hydrogens is 254 g/mol. The second-order valence-electron chi connectivity index (χ2n) is 6.06. The molecular formula is C20H25N. The topological polar surface area (TPSA) is 12.0 Å². The fourth-order valence-corrected chi connectivity index (χ4v) is 3.33. The van der Waals surface area contributed by atoms with Crippen LogP contribution in [-0.2, 0) is 12.8 Å². The van der Waals surface area contributed by atoms with Crippen molar-refractivity contribution in [2.75, 3.05) is 6.54 Å². The highest BCUT2D eigenvalue weighted by molar-refractivity contribution is 5.68. The van der Waals surface area contributed by atoms with Gasteiger partial charge in [-0.3, -0.25) is 0 Å². The maximum atomic E-state index is 3.66. The van der Waals surface area contributed by atoms with Gasteiger partial charge >= 0.3 is 0 Å². The van der Waals surface area contributed by atoms with Crippen molar-refractivity contribution < 1.29 is 0 Å². The Morgan fingerprint density at radius 3 is 2.62 bits per heavy atom. The third kappa shape index (κ3) is 3.54. The van der Waals surface area contributed by atoms with Gasteiger partial charge in [-0.2, -0.15) is 0 Å². The maximum Gasteiger partial charge on any atom is 0.0107 e. The van der Waals surface area contributed by atoms with Crippen LogP contribution in [0.2, 0.25) is 0 Å². The lowest BCUT2D eigenvalue weighted by Crippen LogP contribution is -2.35. The zero-order valence-electron chi connectivity index (χ0n) is 12.9. The summed E-state index contributed by atoms with van der Waals surface area (Å²) in [6.45, 7) is 3.42. The van der Waals surface area contributed by atoms with E-state index in [0.717, 1.165) is 12.8 Å². The number of hydrogen-bond donors (Lipinski definition) is 1. The summed E-state index contributed by atoms with van der Waals surface area (Å²) in [4.78, 5) is 0. The van der Waals surface area contributed by atoms with E-state index in [1.165, 1.54) is 48.1 Å². The molecule has 0 spiro atoms. The molecule has 0 amide bonds. The van der Waals surface area contributed by atoms with Gasteiger partial charge in [0.15, 0.2) is 0 Å². The summed E-state index contributed by atoms with van der Waals surface area (Å²) >= 11 is 0. The van der Waals surface area contributed by atoms with Crippen LogP contribution in [0.3, 0.4) is 0 Å². The molecule has 0 radical (unpaired) electrons. The molecule has 1 heteroatoms. The summed E-state index contributed by atoms with van der Waals surface area (Å²) in [6.07, 6.45) is 6.27. The van der Waals surface area contributed by atoms with E-state index < -0.39 is 0 Å². The first kappa shape index (κ1) is 14.3. The van der Waals surface area contributed by atoms with E-state index in [4.69, 9.17) is 0 Å². The molecule has 110 valence electrons. The Morgan fingerprint density at radius 1 is 1.05 bits per heavy atom. The van der Waals surface area contributed by atoms with Crippen molar-refractivity contribution in [2.45, 2.75) is 45.1 Å². The molecule has 1 fully saturated rings. The first-order valence-corrected chi connectivity index (χ1v) is 8.27. The van der Waals surface area contributed by atoms with E-state index in [2.05, 4.69) is 60.8 Å². The Bertz CT molecular complexity index is 568. The fourth-order valence-electron chi connectivity index (χ4n) is 3.33. The number of benzene rings is 2. The molecule has 2 aromatic rings. The first-order chi connectivity index (χ1) is 10.4. The van der Waals surface area contributed by atoms with Gasteiger partial charge in [-0.25, -0.2) is 0 Å². The van der Waals surface area contributed by atoms with Gasteiger partial charge in [-0.05, 0) is 54.5 Å². The van der Waals surface area contributed by atoms with Crippen LogP contribution in [0.4, 0.5) is 0 Å². The monoisotopic (exact) mass is 279 g/mol. The molecule has 1 atom stereocenters. The Morgan fingerprint density at radius 2 is 1.90 bits per heavy atom. The lowest BCUT2D eigenvalue weighted by atomic mass is 9.92. The molecule has 0 bridgehead atoms. The van der Waals surface area contributed by atoms with Crippen molar-refractivity contribution in [2.24, 2.45) is 0 Å². The van der Waals surface area contributed by atoms with E-state index in [1.54, 1.807) is 0 Å². The SMILES string of the molecule is CCc1ccc(CC2CCCCN2)cc1-c1ccccc1. The van der Waals surface area contributed by atoms with Crippen LogP contribution < -0.4 is 5.32 Å². The van der Waals surface area contributed by atoms with E-state index in [1.807, 2.05) is 0 Å². The van der Waals surface area contributed by atoms with Crippen LogP contribution in [0, 0.1) is 0 Å². The summed E-state index contributed by atoms with van der Waals surface area (Å²) in [5.74, 6) is 0. The maximum absolute atomic E-state index is 3.66. The zero-order valence-corrected chi connectivity index (χ0v) is 12.9. The number of rotatable bonds is 4. The van der Waals surface area contributed by atoms with E-state index in [9.17, 15) is 0 Å². The number of nitrogens with one attached hydrogen (secondary N) is 1. The van der Waals surface area contributed by atoms with Crippen LogP contribution in [0.1, 0.15) is 37.3 Å². The number of piperidine rings is 1. The second-order valence-corrected chi connectivity index (χ2v) is 6.06. The van der Waals surface area contributed by atoms with Crippen molar-refractivity contribution in [1.82, 2.24) is 5.32 Å². The quantitative estimate of drug-likeness (QED) is 0.862. The molecule has 1 N–H and O–H groups in total. The Balaban J connectivity index is 1.86. The lowest BCUT2D eigenvalue weighted by Gasteiger charge is -2.24. The predicted octanol–water partition coefficient (Wildman–Crippen LogP) is 4.60. The molecule has 1 aliphatic heterocycles. The predicted molar refractivity (Wildman–Crippen MR) is 90.6 cm³/mol. The molecule has 0 aliphatic carbocycles. The van der Waals surface area contributed by atoms with Crippen LogP contribution in [-0.4, -0.2) is 12.6 Å². The lowest BCUT2D eigenvalue weighted by molar-refractivity contribution is 0.399. The number of aryl methyl sites for hydroxylation is 1. The molecule has 0 saturated carbocycles. The third-order valence-corrected chi connectivity index (χ3v) is 4.53. The minimum atomic E-state index is 0.662. The highest BCUT2D eigenvalue weighted by Crippen LogP contribution is 2.26. The molecule has 1 heterocycles. The molecule has 1 aliphatic rings. The largest absolute Gasteiger partial charge is 0.314 e. The van der Waals surface area contributed by atoms with Crippen molar-refractivity contribution in [3.8, 4) is 11.1 Å². The minimum absolute atomic E-state index is 0.662. The second kappa shape index (κ2) is 6.91.